The SMILES string of the molecule is COCCC(C)NCCOc1ccc(C(=O)O)cc1. The number of methoxy groups -OCH3 is 1. The molecular formula is C14H21NO4. The fourth-order valence-corrected chi connectivity index (χ4v) is 1.56. The number of carbonyl (C=O) groups is 1. The van der Waals surface area contributed by atoms with Gasteiger partial charge >= 0.3 is 5.97 Å². The summed E-state index contributed by atoms with van der Waals surface area (Å²) in [5, 5.41) is 12.1. The Balaban J connectivity index is 2.20. The van der Waals surface area contributed by atoms with Crippen molar-refractivity contribution in [3.05, 3.63) is 29.8 Å². The van der Waals surface area contributed by atoms with Crippen molar-refractivity contribution in [2.24, 2.45) is 0 Å². The first-order valence-corrected chi connectivity index (χ1v) is 6.32. The molecule has 0 saturated carbocycles. The van der Waals surface area contributed by atoms with Gasteiger partial charge in [0.05, 0.1) is 5.56 Å². The minimum Gasteiger partial charge on any atom is -0.492 e. The molecule has 1 aromatic carbocycles. The van der Waals surface area contributed by atoms with Gasteiger partial charge in [0.25, 0.3) is 0 Å². The summed E-state index contributed by atoms with van der Waals surface area (Å²) in [5.74, 6) is -0.253. The van der Waals surface area contributed by atoms with Crippen molar-refractivity contribution in [3.63, 3.8) is 0 Å². The second kappa shape index (κ2) is 8.50. The first-order chi connectivity index (χ1) is 9.13. The fourth-order valence-electron chi connectivity index (χ4n) is 1.56. The van der Waals surface area contributed by atoms with Crippen LogP contribution < -0.4 is 10.1 Å². The van der Waals surface area contributed by atoms with E-state index in [0.717, 1.165) is 19.6 Å². The maximum atomic E-state index is 10.7. The molecule has 1 aromatic rings. The number of nitrogens with one attached hydrogen (secondary N) is 1. The third kappa shape index (κ3) is 6.22. The zero-order valence-corrected chi connectivity index (χ0v) is 11.4. The van der Waals surface area contributed by atoms with Gasteiger partial charge in [-0.3, -0.25) is 0 Å². The number of aromatic carboxylic acids is 1. The Bertz CT molecular complexity index is 378. The highest BCUT2D eigenvalue weighted by atomic mass is 16.5. The van der Waals surface area contributed by atoms with Gasteiger partial charge in [0.1, 0.15) is 12.4 Å². The van der Waals surface area contributed by atoms with Crippen LogP contribution in [-0.2, 0) is 4.74 Å². The van der Waals surface area contributed by atoms with Crippen molar-refractivity contribution in [1.82, 2.24) is 5.32 Å². The molecule has 0 amide bonds. The minimum atomic E-state index is -0.930. The van der Waals surface area contributed by atoms with Crippen molar-refractivity contribution in [2.45, 2.75) is 19.4 Å². The van der Waals surface area contributed by atoms with Gasteiger partial charge in [-0.1, -0.05) is 0 Å². The molecule has 0 aliphatic carbocycles. The number of benzene rings is 1. The second-order valence-electron chi connectivity index (χ2n) is 4.31. The number of hydrogen-bond acceptors (Lipinski definition) is 4. The lowest BCUT2D eigenvalue weighted by Crippen LogP contribution is -2.31. The van der Waals surface area contributed by atoms with E-state index in [9.17, 15) is 4.79 Å². The molecule has 0 bridgehead atoms. The highest BCUT2D eigenvalue weighted by molar-refractivity contribution is 5.87. The lowest BCUT2D eigenvalue weighted by Gasteiger charge is -2.13. The molecule has 0 aliphatic heterocycles. The first kappa shape index (κ1) is 15.5. The summed E-state index contributed by atoms with van der Waals surface area (Å²) in [7, 11) is 1.69. The van der Waals surface area contributed by atoms with E-state index >= 15 is 0 Å². The van der Waals surface area contributed by atoms with E-state index in [4.69, 9.17) is 14.6 Å². The minimum absolute atomic E-state index is 0.263. The molecule has 0 aromatic heterocycles. The fraction of sp³-hybridized carbons (Fsp3) is 0.500. The van der Waals surface area contributed by atoms with E-state index < -0.39 is 5.97 Å². The molecular weight excluding hydrogens is 246 g/mol. The molecule has 19 heavy (non-hydrogen) atoms. The van der Waals surface area contributed by atoms with Crippen molar-refractivity contribution >= 4 is 5.97 Å². The average molecular weight is 267 g/mol. The van der Waals surface area contributed by atoms with Crippen LogP contribution in [0.4, 0.5) is 0 Å². The van der Waals surface area contributed by atoms with E-state index in [2.05, 4.69) is 12.2 Å². The Morgan fingerprint density at radius 2 is 2.00 bits per heavy atom. The van der Waals surface area contributed by atoms with Gasteiger partial charge < -0.3 is 19.9 Å². The number of hydrogen-bond donors (Lipinski definition) is 2. The first-order valence-electron chi connectivity index (χ1n) is 6.32. The predicted octanol–water partition coefficient (Wildman–Crippen LogP) is 1.78. The third-order valence-corrected chi connectivity index (χ3v) is 2.72. The van der Waals surface area contributed by atoms with Gasteiger partial charge in [-0.2, -0.15) is 0 Å². The highest BCUT2D eigenvalue weighted by Crippen LogP contribution is 2.11. The van der Waals surface area contributed by atoms with Crippen LogP contribution in [0, 0.1) is 0 Å². The number of carboxylic acids is 1. The maximum absolute atomic E-state index is 10.7. The summed E-state index contributed by atoms with van der Waals surface area (Å²) < 4.78 is 10.5. The normalized spacial score (nSPS) is 12.1. The second-order valence-corrected chi connectivity index (χ2v) is 4.31. The summed E-state index contributed by atoms with van der Waals surface area (Å²) in [5.41, 5.74) is 0.263. The summed E-state index contributed by atoms with van der Waals surface area (Å²) in [6, 6.07) is 6.78. The van der Waals surface area contributed by atoms with Crippen LogP contribution >= 0.6 is 0 Å². The number of rotatable bonds is 9. The van der Waals surface area contributed by atoms with E-state index in [-0.39, 0.29) is 5.56 Å². The topological polar surface area (TPSA) is 67.8 Å². The Morgan fingerprint density at radius 3 is 2.58 bits per heavy atom. The molecule has 5 heteroatoms. The molecule has 1 unspecified atom stereocenters. The Hall–Kier alpha value is -1.59. The van der Waals surface area contributed by atoms with Gasteiger partial charge in [-0.25, -0.2) is 4.79 Å². The summed E-state index contributed by atoms with van der Waals surface area (Å²) in [6.45, 7) is 4.13. The Labute approximate surface area is 113 Å². The van der Waals surface area contributed by atoms with Crippen LogP contribution in [0.2, 0.25) is 0 Å². The molecule has 0 radical (unpaired) electrons. The molecule has 2 N–H and O–H groups in total. The van der Waals surface area contributed by atoms with Gasteiger partial charge in [0, 0.05) is 26.3 Å². The van der Waals surface area contributed by atoms with Crippen LogP contribution in [0.25, 0.3) is 0 Å². The van der Waals surface area contributed by atoms with E-state index in [1.54, 1.807) is 19.2 Å². The quantitative estimate of drug-likeness (QED) is 0.667. The summed E-state index contributed by atoms with van der Waals surface area (Å²) in [4.78, 5) is 10.7. The van der Waals surface area contributed by atoms with Gasteiger partial charge in [-0.15, -0.1) is 0 Å². The number of ether oxygens (including phenoxy) is 2. The Morgan fingerprint density at radius 1 is 1.32 bits per heavy atom. The molecule has 0 fully saturated rings. The zero-order valence-electron chi connectivity index (χ0n) is 11.4. The van der Waals surface area contributed by atoms with E-state index in [1.807, 2.05) is 0 Å². The van der Waals surface area contributed by atoms with Crippen molar-refractivity contribution < 1.29 is 19.4 Å². The third-order valence-electron chi connectivity index (χ3n) is 2.72. The van der Waals surface area contributed by atoms with Crippen molar-refractivity contribution in [1.29, 1.82) is 0 Å². The zero-order chi connectivity index (χ0) is 14.1. The van der Waals surface area contributed by atoms with Crippen LogP contribution in [0.3, 0.4) is 0 Å². The van der Waals surface area contributed by atoms with Gasteiger partial charge in [0.2, 0.25) is 0 Å². The van der Waals surface area contributed by atoms with E-state index in [0.29, 0.717) is 18.4 Å². The molecule has 1 rings (SSSR count). The van der Waals surface area contributed by atoms with Crippen LogP contribution in [-0.4, -0.2) is 44.0 Å². The average Bonchev–Trinajstić information content (AvgIpc) is 2.41. The van der Waals surface area contributed by atoms with Crippen molar-refractivity contribution in [3.8, 4) is 5.75 Å². The van der Waals surface area contributed by atoms with Gasteiger partial charge in [0.15, 0.2) is 0 Å². The summed E-state index contributed by atoms with van der Waals surface area (Å²) in [6.07, 6.45) is 0.962. The lowest BCUT2D eigenvalue weighted by molar-refractivity contribution is 0.0697. The molecule has 0 spiro atoms. The highest BCUT2D eigenvalue weighted by Gasteiger charge is 2.03. The molecule has 5 nitrogen and oxygen atoms in total. The van der Waals surface area contributed by atoms with Gasteiger partial charge in [-0.05, 0) is 37.6 Å². The molecule has 0 aliphatic rings. The standard InChI is InChI=1S/C14H21NO4/c1-11(7-9-18-2)15-8-10-19-13-5-3-12(4-6-13)14(16)17/h3-6,11,15H,7-10H2,1-2H3,(H,16,17). The van der Waals surface area contributed by atoms with Crippen LogP contribution in [0.5, 0.6) is 5.75 Å². The van der Waals surface area contributed by atoms with Crippen LogP contribution in [0.1, 0.15) is 23.7 Å². The lowest BCUT2D eigenvalue weighted by atomic mass is 10.2. The van der Waals surface area contributed by atoms with Crippen molar-refractivity contribution in [2.75, 3.05) is 26.9 Å². The monoisotopic (exact) mass is 267 g/mol. The molecule has 0 heterocycles. The Kier molecular flexibility index (Phi) is 6.92. The molecule has 0 saturated heterocycles. The summed E-state index contributed by atoms with van der Waals surface area (Å²) >= 11 is 0. The smallest absolute Gasteiger partial charge is 0.335 e. The van der Waals surface area contributed by atoms with Crippen LogP contribution in [0.15, 0.2) is 24.3 Å². The number of carboxylic acid groups (broad SMARTS) is 1. The van der Waals surface area contributed by atoms with E-state index in [1.165, 1.54) is 12.1 Å². The molecule has 106 valence electrons. The largest absolute Gasteiger partial charge is 0.492 e. The predicted molar refractivity (Wildman–Crippen MR) is 72.9 cm³/mol. The molecule has 1 atom stereocenters. The maximum Gasteiger partial charge on any atom is 0.335 e.